The zero-order valence-electron chi connectivity index (χ0n) is 10.4. The third-order valence-corrected chi connectivity index (χ3v) is 2.62. The smallest absolute Gasteiger partial charge is 0.351 e. The molecule has 0 aliphatic rings. The molecule has 0 unspecified atom stereocenters. The lowest BCUT2D eigenvalue weighted by molar-refractivity contribution is -0.195. The lowest BCUT2D eigenvalue weighted by Crippen LogP contribution is -2.57. The predicted molar refractivity (Wildman–Crippen MR) is 61.2 cm³/mol. The van der Waals surface area contributed by atoms with Crippen LogP contribution in [0.4, 0.5) is 0 Å². The Morgan fingerprint density at radius 2 is 1.81 bits per heavy atom. The Bertz CT molecular complexity index is 204. The zero-order chi connectivity index (χ0) is 12.6. The van der Waals surface area contributed by atoms with Crippen molar-refractivity contribution >= 4 is 5.97 Å². The highest BCUT2D eigenvalue weighted by Crippen LogP contribution is 2.22. The normalized spacial score (nSPS) is 15.1. The molecule has 0 rings (SSSR count). The van der Waals surface area contributed by atoms with Crippen molar-refractivity contribution in [3.05, 3.63) is 0 Å². The van der Waals surface area contributed by atoms with E-state index in [4.69, 9.17) is 9.84 Å². The Labute approximate surface area is 97.0 Å². The molecule has 0 spiro atoms. The van der Waals surface area contributed by atoms with Crippen molar-refractivity contribution in [1.29, 1.82) is 0 Å². The standard InChI is InChI=1S/C11H23NO4/c1-4-7-12(8-5-2)11(16-3,6-9-13)10(14)15/h13H,4-9H2,1-3H3,(H,14,15)/t11-/m1/s1. The van der Waals surface area contributed by atoms with Gasteiger partial charge in [0.05, 0.1) is 0 Å². The Balaban J connectivity index is 4.97. The van der Waals surface area contributed by atoms with Gasteiger partial charge >= 0.3 is 5.97 Å². The fraction of sp³-hybridized carbons (Fsp3) is 0.909. The van der Waals surface area contributed by atoms with E-state index >= 15 is 0 Å². The monoisotopic (exact) mass is 233 g/mol. The summed E-state index contributed by atoms with van der Waals surface area (Å²) in [6.45, 7) is 5.07. The summed E-state index contributed by atoms with van der Waals surface area (Å²) in [5, 5.41) is 18.3. The quantitative estimate of drug-likeness (QED) is 0.579. The van der Waals surface area contributed by atoms with Gasteiger partial charge in [0, 0.05) is 33.2 Å². The summed E-state index contributed by atoms with van der Waals surface area (Å²) in [4.78, 5) is 13.1. The van der Waals surface area contributed by atoms with Crippen LogP contribution >= 0.6 is 0 Å². The summed E-state index contributed by atoms with van der Waals surface area (Å²) in [6, 6.07) is 0. The van der Waals surface area contributed by atoms with Crippen LogP contribution in [0.1, 0.15) is 33.1 Å². The third kappa shape index (κ3) is 3.43. The van der Waals surface area contributed by atoms with Crippen LogP contribution in [0, 0.1) is 0 Å². The maximum atomic E-state index is 11.4. The molecule has 0 saturated heterocycles. The van der Waals surface area contributed by atoms with Gasteiger partial charge in [-0.15, -0.1) is 0 Å². The number of aliphatic hydroxyl groups is 1. The number of carboxylic acid groups (broad SMARTS) is 1. The van der Waals surface area contributed by atoms with Gasteiger partial charge in [0.15, 0.2) is 0 Å². The molecular weight excluding hydrogens is 210 g/mol. The lowest BCUT2D eigenvalue weighted by atomic mass is 10.1. The minimum atomic E-state index is -1.39. The predicted octanol–water partition coefficient (Wildman–Crippen LogP) is 0.918. The molecule has 0 aromatic carbocycles. The highest BCUT2D eigenvalue weighted by atomic mass is 16.5. The molecule has 1 atom stereocenters. The van der Waals surface area contributed by atoms with Crippen molar-refractivity contribution in [3.63, 3.8) is 0 Å². The number of aliphatic carboxylic acids is 1. The fourth-order valence-corrected chi connectivity index (χ4v) is 1.88. The van der Waals surface area contributed by atoms with Crippen LogP contribution in [0.25, 0.3) is 0 Å². The van der Waals surface area contributed by atoms with E-state index in [1.54, 1.807) is 4.90 Å². The van der Waals surface area contributed by atoms with E-state index in [2.05, 4.69) is 0 Å². The van der Waals surface area contributed by atoms with Crippen LogP contribution in [0.2, 0.25) is 0 Å². The molecular formula is C11H23NO4. The third-order valence-electron chi connectivity index (χ3n) is 2.62. The topological polar surface area (TPSA) is 70.0 Å². The number of methoxy groups -OCH3 is 1. The number of aliphatic hydroxyl groups excluding tert-OH is 1. The number of hydrogen-bond acceptors (Lipinski definition) is 4. The number of ether oxygens (including phenoxy) is 1. The molecule has 5 heteroatoms. The molecule has 0 aromatic heterocycles. The fourth-order valence-electron chi connectivity index (χ4n) is 1.88. The van der Waals surface area contributed by atoms with Gasteiger partial charge in [-0.25, -0.2) is 4.79 Å². The van der Waals surface area contributed by atoms with Crippen LogP contribution in [-0.4, -0.2) is 53.6 Å². The van der Waals surface area contributed by atoms with Crippen LogP contribution in [0.5, 0.6) is 0 Å². The van der Waals surface area contributed by atoms with Gasteiger partial charge < -0.3 is 14.9 Å². The van der Waals surface area contributed by atoms with Crippen molar-refractivity contribution in [3.8, 4) is 0 Å². The average Bonchev–Trinajstić information content (AvgIpc) is 2.25. The maximum absolute atomic E-state index is 11.4. The second-order valence-corrected chi connectivity index (χ2v) is 3.75. The molecule has 0 bridgehead atoms. The summed E-state index contributed by atoms with van der Waals surface area (Å²) < 4.78 is 5.17. The van der Waals surface area contributed by atoms with Crippen molar-refractivity contribution in [2.45, 2.75) is 38.8 Å². The minimum Gasteiger partial charge on any atom is -0.478 e. The molecule has 0 aliphatic carbocycles. The number of carbonyl (C=O) groups is 1. The lowest BCUT2D eigenvalue weighted by Gasteiger charge is -2.38. The molecule has 16 heavy (non-hydrogen) atoms. The van der Waals surface area contributed by atoms with E-state index in [1.807, 2.05) is 13.8 Å². The summed E-state index contributed by atoms with van der Waals surface area (Å²) in [7, 11) is 1.38. The van der Waals surface area contributed by atoms with Crippen LogP contribution in [0.15, 0.2) is 0 Å². The minimum absolute atomic E-state index is 0.0822. The SMILES string of the molecule is CCCN(CCC)[C@](CCO)(OC)C(=O)O. The van der Waals surface area contributed by atoms with Gasteiger partial charge in [0.2, 0.25) is 5.72 Å². The number of nitrogens with zero attached hydrogens (tertiary/aromatic N) is 1. The van der Waals surface area contributed by atoms with Gasteiger partial charge in [0.25, 0.3) is 0 Å². The van der Waals surface area contributed by atoms with E-state index in [0.29, 0.717) is 13.1 Å². The Kier molecular flexibility index (Phi) is 7.29. The Morgan fingerprint density at radius 3 is 2.06 bits per heavy atom. The van der Waals surface area contributed by atoms with Gasteiger partial charge in [-0.1, -0.05) is 13.8 Å². The first-order valence-corrected chi connectivity index (χ1v) is 5.73. The second kappa shape index (κ2) is 7.60. The Morgan fingerprint density at radius 1 is 1.31 bits per heavy atom. The first-order chi connectivity index (χ1) is 7.58. The summed E-state index contributed by atoms with van der Waals surface area (Å²) >= 11 is 0. The largest absolute Gasteiger partial charge is 0.478 e. The van der Waals surface area contributed by atoms with Gasteiger partial charge in [-0.2, -0.15) is 0 Å². The molecule has 0 fully saturated rings. The summed E-state index contributed by atoms with van der Waals surface area (Å²) in [5.74, 6) is -1.04. The first kappa shape index (κ1) is 15.3. The van der Waals surface area contributed by atoms with Crippen LogP contribution < -0.4 is 0 Å². The van der Waals surface area contributed by atoms with Crippen LogP contribution in [-0.2, 0) is 9.53 Å². The molecule has 2 N–H and O–H groups in total. The molecule has 0 aliphatic heterocycles. The molecule has 0 heterocycles. The van der Waals surface area contributed by atoms with E-state index in [-0.39, 0.29) is 13.0 Å². The van der Waals surface area contributed by atoms with Crippen LogP contribution in [0.3, 0.4) is 0 Å². The van der Waals surface area contributed by atoms with E-state index < -0.39 is 11.7 Å². The summed E-state index contributed by atoms with van der Waals surface area (Å²) in [5.41, 5.74) is -1.39. The molecule has 5 nitrogen and oxygen atoms in total. The van der Waals surface area contributed by atoms with E-state index in [9.17, 15) is 9.90 Å². The molecule has 0 saturated carbocycles. The molecule has 0 amide bonds. The van der Waals surface area contributed by atoms with Gasteiger partial charge in [-0.05, 0) is 12.8 Å². The average molecular weight is 233 g/mol. The summed E-state index contributed by atoms with van der Waals surface area (Å²) in [6.07, 6.45) is 1.78. The zero-order valence-corrected chi connectivity index (χ0v) is 10.4. The van der Waals surface area contributed by atoms with E-state index in [1.165, 1.54) is 7.11 Å². The van der Waals surface area contributed by atoms with E-state index in [0.717, 1.165) is 12.8 Å². The van der Waals surface area contributed by atoms with Crippen molar-refractivity contribution in [2.24, 2.45) is 0 Å². The van der Waals surface area contributed by atoms with Crippen molar-refractivity contribution < 1.29 is 19.7 Å². The van der Waals surface area contributed by atoms with Crippen molar-refractivity contribution in [2.75, 3.05) is 26.8 Å². The molecule has 0 aromatic rings. The maximum Gasteiger partial charge on any atom is 0.351 e. The number of carboxylic acids is 1. The number of rotatable bonds is 9. The number of hydrogen-bond donors (Lipinski definition) is 2. The highest BCUT2D eigenvalue weighted by molar-refractivity contribution is 5.77. The first-order valence-electron chi connectivity index (χ1n) is 5.73. The second-order valence-electron chi connectivity index (χ2n) is 3.75. The molecule has 0 radical (unpaired) electrons. The van der Waals surface area contributed by atoms with Gasteiger partial charge in [0.1, 0.15) is 0 Å². The molecule has 96 valence electrons. The van der Waals surface area contributed by atoms with Crippen molar-refractivity contribution in [1.82, 2.24) is 4.90 Å². The van der Waals surface area contributed by atoms with Gasteiger partial charge in [-0.3, -0.25) is 4.90 Å². The Hall–Kier alpha value is -0.650. The highest BCUT2D eigenvalue weighted by Gasteiger charge is 2.43.